The number of hydrogen-bond donors (Lipinski definition) is 1. The number of carbonyl (C=O) groups is 1. The molecule has 2 N–H and O–H groups in total. The number of nitrogens with two attached hydrogens (primary N) is 1. The second-order valence-corrected chi connectivity index (χ2v) is 5.53. The van der Waals surface area contributed by atoms with Crippen LogP contribution in [0.15, 0.2) is 0 Å². The van der Waals surface area contributed by atoms with Crippen molar-refractivity contribution in [3.8, 4) is 0 Å². The summed E-state index contributed by atoms with van der Waals surface area (Å²) in [7, 11) is 0. The molecule has 0 bridgehead atoms. The van der Waals surface area contributed by atoms with Gasteiger partial charge in [0.15, 0.2) is 0 Å². The molecule has 0 radical (unpaired) electrons. The van der Waals surface area contributed by atoms with Gasteiger partial charge in [-0.05, 0) is 19.5 Å². The molecule has 16 heavy (non-hydrogen) atoms. The quantitative estimate of drug-likeness (QED) is 0.765. The summed E-state index contributed by atoms with van der Waals surface area (Å²) in [5.41, 5.74) is 5.24. The van der Waals surface area contributed by atoms with Crippen molar-refractivity contribution < 1.29 is 4.79 Å². The van der Waals surface area contributed by atoms with Crippen LogP contribution in [0.4, 0.5) is 0 Å². The third-order valence-corrected chi connectivity index (χ3v) is 2.98. The first kappa shape index (κ1) is 13.5. The van der Waals surface area contributed by atoms with Crippen LogP contribution in [0.5, 0.6) is 0 Å². The Hall–Kier alpha value is -0.610. The minimum absolute atomic E-state index is 0.251. The lowest BCUT2D eigenvalue weighted by atomic mass is 9.94. The Labute approximate surface area is 98.8 Å². The highest BCUT2D eigenvalue weighted by Crippen LogP contribution is 2.18. The number of rotatable bonds is 3. The Bertz CT molecular complexity index is 227. The van der Waals surface area contributed by atoms with Gasteiger partial charge in [-0.15, -0.1) is 0 Å². The lowest BCUT2D eigenvalue weighted by Crippen LogP contribution is -2.51. The number of hydrogen-bond acceptors (Lipinski definition) is 3. The first-order valence-electron chi connectivity index (χ1n) is 6.17. The molecule has 0 aromatic heterocycles. The van der Waals surface area contributed by atoms with Gasteiger partial charge >= 0.3 is 0 Å². The van der Waals surface area contributed by atoms with Crippen LogP contribution in [0.2, 0.25) is 0 Å². The highest BCUT2D eigenvalue weighted by Gasteiger charge is 2.29. The predicted octanol–water partition coefficient (Wildman–Crippen LogP) is 0.526. The summed E-state index contributed by atoms with van der Waals surface area (Å²) in [6.07, 6.45) is 1.05. The molecule has 1 heterocycles. The largest absolute Gasteiger partial charge is 0.340 e. The van der Waals surface area contributed by atoms with Gasteiger partial charge in [-0.2, -0.15) is 0 Å². The molecule has 0 atom stereocenters. The van der Waals surface area contributed by atoms with E-state index in [1.807, 2.05) is 25.7 Å². The Morgan fingerprint density at radius 1 is 1.19 bits per heavy atom. The van der Waals surface area contributed by atoms with E-state index < -0.39 is 0 Å². The fourth-order valence-corrected chi connectivity index (χ4v) is 1.96. The molecule has 4 heteroatoms. The number of piperazine rings is 1. The van der Waals surface area contributed by atoms with E-state index in [4.69, 9.17) is 5.73 Å². The maximum absolute atomic E-state index is 12.0. The van der Waals surface area contributed by atoms with Gasteiger partial charge in [0.1, 0.15) is 0 Å². The molecule has 4 nitrogen and oxygen atoms in total. The van der Waals surface area contributed by atoms with E-state index in [-0.39, 0.29) is 11.3 Å². The van der Waals surface area contributed by atoms with E-state index in [2.05, 4.69) is 4.90 Å². The zero-order chi connectivity index (χ0) is 12.2. The predicted molar refractivity (Wildman–Crippen MR) is 66.1 cm³/mol. The molecule has 1 fully saturated rings. The molecule has 94 valence electrons. The first-order chi connectivity index (χ1) is 7.45. The molecule has 1 aliphatic heterocycles. The topological polar surface area (TPSA) is 49.6 Å². The van der Waals surface area contributed by atoms with Gasteiger partial charge in [0.25, 0.3) is 0 Å². The Morgan fingerprint density at radius 2 is 1.75 bits per heavy atom. The van der Waals surface area contributed by atoms with E-state index in [0.717, 1.165) is 45.7 Å². The van der Waals surface area contributed by atoms with Gasteiger partial charge < -0.3 is 10.6 Å². The third kappa shape index (κ3) is 3.76. The summed E-state index contributed by atoms with van der Waals surface area (Å²) in [4.78, 5) is 16.4. The summed E-state index contributed by atoms with van der Waals surface area (Å²) in [6.45, 7) is 11.5. The van der Waals surface area contributed by atoms with Crippen LogP contribution in [-0.2, 0) is 4.79 Å². The summed E-state index contributed by atoms with van der Waals surface area (Å²) < 4.78 is 0. The van der Waals surface area contributed by atoms with E-state index in [0.29, 0.717) is 0 Å². The normalized spacial score (nSPS) is 18.9. The number of carbonyl (C=O) groups excluding carboxylic acids is 1. The summed E-state index contributed by atoms with van der Waals surface area (Å²) >= 11 is 0. The van der Waals surface area contributed by atoms with Crippen LogP contribution in [0, 0.1) is 5.41 Å². The second kappa shape index (κ2) is 5.64. The van der Waals surface area contributed by atoms with Crippen LogP contribution < -0.4 is 5.73 Å². The van der Waals surface area contributed by atoms with E-state index >= 15 is 0 Å². The monoisotopic (exact) mass is 227 g/mol. The smallest absolute Gasteiger partial charge is 0.228 e. The molecule has 0 unspecified atom stereocenters. The van der Waals surface area contributed by atoms with Crippen LogP contribution in [0.3, 0.4) is 0 Å². The molecule has 0 saturated carbocycles. The van der Waals surface area contributed by atoms with Crippen molar-refractivity contribution in [3.63, 3.8) is 0 Å². The lowest BCUT2D eigenvalue weighted by Gasteiger charge is -2.37. The van der Waals surface area contributed by atoms with Crippen LogP contribution in [0.25, 0.3) is 0 Å². The van der Waals surface area contributed by atoms with Crippen molar-refractivity contribution in [2.24, 2.45) is 11.1 Å². The average Bonchev–Trinajstić information content (AvgIpc) is 2.25. The van der Waals surface area contributed by atoms with Crippen molar-refractivity contribution in [1.82, 2.24) is 9.80 Å². The Morgan fingerprint density at radius 3 is 2.19 bits per heavy atom. The maximum Gasteiger partial charge on any atom is 0.228 e. The molecule has 0 aliphatic carbocycles. The zero-order valence-electron chi connectivity index (χ0n) is 10.8. The molecule has 0 aromatic carbocycles. The number of nitrogens with zero attached hydrogens (tertiary/aromatic N) is 2. The van der Waals surface area contributed by atoms with Gasteiger partial charge in [-0.3, -0.25) is 9.69 Å². The zero-order valence-corrected chi connectivity index (χ0v) is 10.8. The fourth-order valence-electron chi connectivity index (χ4n) is 1.96. The molecule has 1 amide bonds. The molecular weight excluding hydrogens is 202 g/mol. The van der Waals surface area contributed by atoms with Crippen molar-refractivity contribution in [2.75, 3.05) is 39.3 Å². The van der Waals surface area contributed by atoms with Gasteiger partial charge in [-0.25, -0.2) is 0 Å². The molecule has 0 aromatic rings. The molecule has 0 spiro atoms. The van der Waals surface area contributed by atoms with Crippen molar-refractivity contribution >= 4 is 5.91 Å². The van der Waals surface area contributed by atoms with Crippen LogP contribution in [0.1, 0.15) is 27.2 Å². The number of amides is 1. The average molecular weight is 227 g/mol. The van der Waals surface area contributed by atoms with Gasteiger partial charge in [0.2, 0.25) is 5.91 Å². The van der Waals surface area contributed by atoms with E-state index in [1.54, 1.807) is 0 Å². The van der Waals surface area contributed by atoms with Gasteiger partial charge in [0.05, 0.1) is 0 Å². The minimum Gasteiger partial charge on any atom is -0.340 e. The Balaban J connectivity index is 2.34. The third-order valence-electron chi connectivity index (χ3n) is 2.98. The second-order valence-electron chi connectivity index (χ2n) is 5.53. The van der Waals surface area contributed by atoms with Crippen molar-refractivity contribution in [2.45, 2.75) is 27.2 Å². The van der Waals surface area contributed by atoms with E-state index in [9.17, 15) is 4.79 Å². The molecular formula is C12H25N3O. The standard InChI is InChI=1S/C12H25N3O/c1-12(2,3)11(16)15-9-7-14(8-10-15)6-4-5-13/h4-10,13H2,1-3H3. The lowest BCUT2D eigenvalue weighted by molar-refractivity contribution is -0.141. The highest BCUT2D eigenvalue weighted by molar-refractivity contribution is 5.81. The summed E-state index contributed by atoms with van der Waals surface area (Å²) in [5.74, 6) is 0.269. The SMILES string of the molecule is CC(C)(C)C(=O)N1CCN(CCCN)CC1. The Kier molecular flexibility index (Phi) is 4.74. The molecule has 1 saturated heterocycles. The van der Waals surface area contributed by atoms with Crippen LogP contribution in [-0.4, -0.2) is 55.0 Å². The molecule has 1 aliphatic rings. The van der Waals surface area contributed by atoms with Gasteiger partial charge in [-0.1, -0.05) is 20.8 Å². The van der Waals surface area contributed by atoms with Crippen LogP contribution >= 0.6 is 0 Å². The van der Waals surface area contributed by atoms with Gasteiger partial charge in [0, 0.05) is 31.6 Å². The maximum atomic E-state index is 12.0. The molecule has 1 rings (SSSR count). The van der Waals surface area contributed by atoms with E-state index in [1.165, 1.54) is 0 Å². The first-order valence-corrected chi connectivity index (χ1v) is 6.17. The van der Waals surface area contributed by atoms with Crippen molar-refractivity contribution in [3.05, 3.63) is 0 Å². The summed E-state index contributed by atoms with van der Waals surface area (Å²) in [5, 5.41) is 0. The minimum atomic E-state index is -0.251. The highest BCUT2D eigenvalue weighted by atomic mass is 16.2. The summed E-state index contributed by atoms with van der Waals surface area (Å²) in [6, 6.07) is 0. The fraction of sp³-hybridized carbons (Fsp3) is 0.917. The van der Waals surface area contributed by atoms with Crippen molar-refractivity contribution in [1.29, 1.82) is 0 Å².